The van der Waals surface area contributed by atoms with Gasteiger partial charge in [0, 0.05) is 6.20 Å². The zero-order chi connectivity index (χ0) is 17.2. The fourth-order valence-electron chi connectivity index (χ4n) is 2.66. The number of rotatable bonds is 6. The van der Waals surface area contributed by atoms with Gasteiger partial charge in [0.25, 0.3) is 0 Å². The Morgan fingerprint density at radius 1 is 1.38 bits per heavy atom. The highest BCUT2D eigenvalue weighted by Crippen LogP contribution is 2.39. The van der Waals surface area contributed by atoms with Gasteiger partial charge in [-0.25, -0.2) is 13.9 Å². The molecule has 128 valence electrons. The molecule has 3 N–H and O–H groups in total. The molecule has 3 rings (SSSR count). The molecule has 7 heteroatoms. The Hall–Kier alpha value is -2.41. The highest BCUT2D eigenvalue weighted by molar-refractivity contribution is 5.74. The molecule has 24 heavy (non-hydrogen) atoms. The number of hydrogen-bond acceptors (Lipinski definition) is 3. The maximum atomic E-state index is 12.9. The predicted octanol–water partition coefficient (Wildman–Crippen LogP) is 1.97. The number of nitrogens with zero attached hydrogens (tertiary/aromatic N) is 2. The van der Waals surface area contributed by atoms with Gasteiger partial charge in [-0.3, -0.25) is 0 Å². The lowest BCUT2D eigenvalue weighted by Crippen LogP contribution is -2.53. The van der Waals surface area contributed by atoms with Gasteiger partial charge in [0.2, 0.25) is 0 Å². The van der Waals surface area contributed by atoms with Crippen LogP contribution in [0.25, 0.3) is 5.69 Å². The monoisotopic (exact) mass is 332 g/mol. The molecule has 0 spiro atoms. The Balaban J connectivity index is 1.55. The molecule has 1 saturated carbocycles. The minimum absolute atomic E-state index is 0.0791. The highest BCUT2D eigenvalue weighted by atomic mass is 19.1. The molecule has 2 amide bonds. The van der Waals surface area contributed by atoms with Gasteiger partial charge in [0.05, 0.1) is 30.1 Å². The van der Waals surface area contributed by atoms with Crippen LogP contribution in [0, 0.1) is 11.7 Å². The van der Waals surface area contributed by atoms with Gasteiger partial charge in [-0.05, 0) is 56.0 Å². The number of amides is 2. The van der Waals surface area contributed by atoms with E-state index in [0.717, 1.165) is 18.5 Å². The van der Waals surface area contributed by atoms with Crippen LogP contribution in [0.5, 0.6) is 0 Å². The summed E-state index contributed by atoms with van der Waals surface area (Å²) in [4.78, 5) is 12.0. The number of carbonyl (C=O) groups is 1. The third-order valence-corrected chi connectivity index (χ3v) is 4.37. The van der Waals surface area contributed by atoms with Crippen LogP contribution < -0.4 is 10.6 Å². The maximum Gasteiger partial charge on any atom is 0.315 e. The molecule has 1 aliphatic carbocycles. The minimum atomic E-state index is -0.572. The fourth-order valence-corrected chi connectivity index (χ4v) is 2.66. The standard InChI is InChI=1S/C17H21FN4O2/c1-17(11-23,12-2-3-12)20-16(24)19-10-14-8-9-22(21-14)15-6-4-13(18)5-7-15/h4-9,12,23H,2-3,10-11H2,1H3,(H2,19,20,24). The third kappa shape index (κ3) is 3.73. The molecule has 0 bridgehead atoms. The van der Waals surface area contributed by atoms with Gasteiger partial charge in [0.1, 0.15) is 5.82 Å². The zero-order valence-electron chi connectivity index (χ0n) is 13.5. The molecule has 1 atom stereocenters. The number of nitrogens with one attached hydrogen (secondary N) is 2. The normalized spacial score (nSPS) is 16.5. The van der Waals surface area contributed by atoms with E-state index in [2.05, 4.69) is 15.7 Å². The maximum absolute atomic E-state index is 12.9. The zero-order valence-corrected chi connectivity index (χ0v) is 13.5. The van der Waals surface area contributed by atoms with E-state index in [4.69, 9.17) is 0 Å². The smallest absolute Gasteiger partial charge is 0.315 e. The van der Waals surface area contributed by atoms with Gasteiger partial charge >= 0.3 is 6.03 Å². The molecule has 2 aromatic rings. The lowest BCUT2D eigenvalue weighted by atomic mass is 9.97. The number of urea groups is 1. The van der Waals surface area contributed by atoms with E-state index in [9.17, 15) is 14.3 Å². The van der Waals surface area contributed by atoms with Crippen molar-refractivity contribution in [2.75, 3.05) is 6.61 Å². The summed E-state index contributed by atoms with van der Waals surface area (Å²) in [6, 6.07) is 7.47. The van der Waals surface area contributed by atoms with Crippen LogP contribution in [-0.4, -0.2) is 33.1 Å². The quantitative estimate of drug-likeness (QED) is 0.757. The molecule has 1 heterocycles. The van der Waals surface area contributed by atoms with Crippen molar-refractivity contribution in [2.45, 2.75) is 31.8 Å². The van der Waals surface area contributed by atoms with Crippen molar-refractivity contribution in [3.05, 3.63) is 48.0 Å². The summed E-state index contributed by atoms with van der Waals surface area (Å²) in [7, 11) is 0. The summed E-state index contributed by atoms with van der Waals surface area (Å²) in [6.07, 6.45) is 3.81. The molecule has 1 fully saturated rings. The van der Waals surface area contributed by atoms with E-state index in [1.165, 1.54) is 12.1 Å². The number of aliphatic hydroxyl groups is 1. The third-order valence-electron chi connectivity index (χ3n) is 4.37. The summed E-state index contributed by atoms with van der Waals surface area (Å²) in [6.45, 7) is 2.05. The molecule has 6 nitrogen and oxygen atoms in total. The molecular weight excluding hydrogens is 311 g/mol. The van der Waals surface area contributed by atoms with Crippen LogP contribution in [0.4, 0.5) is 9.18 Å². The second-order valence-electron chi connectivity index (χ2n) is 6.39. The average Bonchev–Trinajstić information content (AvgIpc) is 3.33. The Kier molecular flexibility index (Phi) is 4.53. The first-order valence-corrected chi connectivity index (χ1v) is 7.97. The van der Waals surface area contributed by atoms with Gasteiger partial charge in [-0.15, -0.1) is 0 Å². The molecule has 0 aliphatic heterocycles. The Bertz CT molecular complexity index is 712. The van der Waals surface area contributed by atoms with Crippen LogP contribution in [0.2, 0.25) is 0 Å². The van der Waals surface area contributed by atoms with Crippen molar-refractivity contribution in [1.29, 1.82) is 0 Å². The second kappa shape index (κ2) is 6.60. The number of aromatic nitrogens is 2. The molecular formula is C17H21FN4O2. The number of halogens is 1. The lowest BCUT2D eigenvalue weighted by Gasteiger charge is -2.28. The molecule has 0 saturated heterocycles. The Labute approximate surface area is 139 Å². The van der Waals surface area contributed by atoms with Crippen LogP contribution in [0.3, 0.4) is 0 Å². The van der Waals surface area contributed by atoms with E-state index in [1.54, 1.807) is 29.1 Å². The second-order valence-corrected chi connectivity index (χ2v) is 6.39. The summed E-state index contributed by atoms with van der Waals surface area (Å²) in [5, 5.41) is 19.4. The first-order chi connectivity index (χ1) is 11.5. The lowest BCUT2D eigenvalue weighted by molar-refractivity contribution is 0.155. The van der Waals surface area contributed by atoms with Crippen LogP contribution in [-0.2, 0) is 6.54 Å². The molecule has 1 unspecified atom stereocenters. The summed E-state index contributed by atoms with van der Waals surface area (Å²) < 4.78 is 14.6. The summed E-state index contributed by atoms with van der Waals surface area (Å²) >= 11 is 0. The van der Waals surface area contributed by atoms with E-state index in [0.29, 0.717) is 11.6 Å². The SMILES string of the molecule is CC(CO)(NC(=O)NCc1ccn(-c2ccc(F)cc2)n1)C1CC1. The number of carbonyl (C=O) groups excluding carboxylic acids is 1. The minimum Gasteiger partial charge on any atom is -0.394 e. The van der Waals surface area contributed by atoms with Crippen molar-refractivity contribution in [3.8, 4) is 5.69 Å². The van der Waals surface area contributed by atoms with Crippen LogP contribution in [0.1, 0.15) is 25.5 Å². The Morgan fingerprint density at radius 3 is 2.71 bits per heavy atom. The van der Waals surface area contributed by atoms with Crippen molar-refractivity contribution >= 4 is 6.03 Å². The van der Waals surface area contributed by atoms with Crippen molar-refractivity contribution in [1.82, 2.24) is 20.4 Å². The number of hydrogen-bond donors (Lipinski definition) is 3. The van der Waals surface area contributed by atoms with Gasteiger partial charge in [-0.2, -0.15) is 5.10 Å². The first-order valence-electron chi connectivity index (χ1n) is 7.97. The molecule has 1 aliphatic rings. The Morgan fingerprint density at radius 2 is 2.08 bits per heavy atom. The predicted molar refractivity (Wildman–Crippen MR) is 87.1 cm³/mol. The van der Waals surface area contributed by atoms with E-state index in [1.807, 2.05) is 6.92 Å². The van der Waals surface area contributed by atoms with Crippen molar-refractivity contribution in [3.63, 3.8) is 0 Å². The largest absolute Gasteiger partial charge is 0.394 e. The van der Waals surface area contributed by atoms with Crippen molar-refractivity contribution < 1.29 is 14.3 Å². The molecule has 1 aromatic heterocycles. The van der Waals surface area contributed by atoms with Gasteiger partial charge in [0.15, 0.2) is 0 Å². The van der Waals surface area contributed by atoms with Gasteiger partial charge in [-0.1, -0.05) is 0 Å². The van der Waals surface area contributed by atoms with Crippen LogP contribution in [0.15, 0.2) is 36.5 Å². The van der Waals surface area contributed by atoms with Crippen LogP contribution >= 0.6 is 0 Å². The topological polar surface area (TPSA) is 79.2 Å². The van der Waals surface area contributed by atoms with E-state index < -0.39 is 5.54 Å². The van der Waals surface area contributed by atoms with E-state index >= 15 is 0 Å². The van der Waals surface area contributed by atoms with Gasteiger partial charge < -0.3 is 15.7 Å². The summed E-state index contributed by atoms with van der Waals surface area (Å²) in [5.41, 5.74) is 0.859. The first kappa shape index (κ1) is 16.4. The number of aliphatic hydroxyl groups excluding tert-OH is 1. The molecule has 1 aromatic carbocycles. The summed E-state index contributed by atoms with van der Waals surface area (Å²) in [5.74, 6) is 0.0398. The van der Waals surface area contributed by atoms with Crippen molar-refractivity contribution in [2.24, 2.45) is 5.92 Å². The average molecular weight is 332 g/mol. The van der Waals surface area contributed by atoms with E-state index in [-0.39, 0.29) is 25.0 Å². The molecule has 0 radical (unpaired) electrons. The fraction of sp³-hybridized carbons (Fsp3) is 0.412. The highest BCUT2D eigenvalue weighted by Gasteiger charge is 2.42. The number of benzene rings is 1.